The van der Waals surface area contributed by atoms with Crippen molar-refractivity contribution in [3.63, 3.8) is 0 Å². The number of aromatic nitrogens is 1. The third-order valence-corrected chi connectivity index (χ3v) is 2.99. The van der Waals surface area contributed by atoms with E-state index in [1.54, 1.807) is 12.1 Å². The maximum absolute atomic E-state index is 13.4. The van der Waals surface area contributed by atoms with Crippen LogP contribution in [-0.2, 0) is 0 Å². The van der Waals surface area contributed by atoms with Gasteiger partial charge in [0, 0.05) is 11.8 Å². The lowest BCUT2D eigenvalue weighted by molar-refractivity contribution is 0.385. The van der Waals surface area contributed by atoms with Crippen LogP contribution in [0.25, 0.3) is 0 Å². The number of rotatable bonds is 3. The Labute approximate surface area is 115 Å². The van der Waals surface area contributed by atoms with E-state index >= 15 is 0 Å². The minimum Gasteiger partial charge on any atom is -0.494 e. The average molecular weight is 282 g/mol. The predicted octanol–water partition coefficient (Wildman–Crippen LogP) is 2.51. The number of hydrogen-bond donors (Lipinski definition) is 2. The molecule has 100 valence electrons. The second kappa shape index (κ2) is 5.42. The molecule has 1 heterocycles. The van der Waals surface area contributed by atoms with Crippen molar-refractivity contribution in [2.45, 2.75) is 6.04 Å². The molecule has 0 fully saturated rings. The van der Waals surface area contributed by atoms with Crippen LogP contribution in [0.15, 0.2) is 30.5 Å². The maximum atomic E-state index is 13.4. The molecule has 0 aliphatic carbocycles. The van der Waals surface area contributed by atoms with Gasteiger partial charge in [-0.3, -0.25) is 0 Å². The molecule has 1 aromatic heterocycles. The minimum absolute atomic E-state index is 0.126. The molecule has 0 saturated heterocycles. The molecule has 0 saturated carbocycles. The van der Waals surface area contributed by atoms with Crippen molar-refractivity contribution in [3.05, 3.63) is 52.4 Å². The molecule has 4 N–H and O–H groups in total. The van der Waals surface area contributed by atoms with Gasteiger partial charge in [-0.25, -0.2) is 9.37 Å². The fourth-order valence-electron chi connectivity index (χ4n) is 1.76. The lowest BCUT2D eigenvalue weighted by atomic mass is 10.00. The Balaban J connectivity index is 2.43. The fraction of sp³-hybridized carbons (Fsp3) is 0.154. The number of halogens is 2. The number of hydrogen-bond acceptors (Lipinski definition) is 4. The highest BCUT2D eigenvalue weighted by Gasteiger charge is 2.15. The lowest BCUT2D eigenvalue weighted by Gasteiger charge is -2.15. The van der Waals surface area contributed by atoms with Crippen molar-refractivity contribution >= 4 is 17.4 Å². The topological polar surface area (TPSA) is 74.2 Å². The molecule has 0 amide bonds. The second-order valence-corrected chi connectivity index (χ2v) is 4.44. The van der Waals surface area contributed by atoms with E-state index in [0.29, 0.717) is 22.0 Å². The molecule has 0 radical (unpaired) electrons. The zero-order valence-corrected chi connectivity index (χ0v) is 11.0. The van der Waals surface area contributed by atoms with E-state index in [0.717, 1.165) is 0 Å². The summed E-state index contributed by atoms with van der Waals surface area (Å²) >= 11 is 5.87. The van der Waals surface area contributed by atoms with E-state index in [4.69, 9.17) is 27.8 Å². The first-order valence-electron chi connectivity index (χ1n) is 5.53. The first kappa shape index (κ1) is 13.6. The lowest BCUT2D eigenvalue weighted by Crippen LogP contribution is -2.15. The Morgan fingerprint density at radius 1 is 1.37 bits per heavy atom. The molecule has 0 aliphatic heterocycles. The van der Waals surface area contributed by atoms with Crippen molar-refractivity contribution in [2.75, 3.05) is 12.8 Å². The number of nitrogens with zero attached hydrogens (tertiary/aromatic N) is 1. The van der Waals surface area contributed by atoms with E-state index in [-0.39, 0.29) is 5.75 Å². The van der Waals surface area contributed by atoms with Crippen LogP contribution in [0.1, 0.15) is 17.2 Å². The zero-order valence-electron chi connectivity index (χ0n) is 10.2. The van der Waals surface area contributed by atoms with Gasteiger partial charge < -0.3 is 16.2 Å². The zero-order chi connectivity index (χ0) is 14.0. The number of nitrogen functional groups attached to an aromatic ring is 1. The van der Waals surface area contributed by atoms with E-state index in [2.05, 4.69) is 4.98 Å². The van der Waals surface area contributed by atoms with Crippen molar-refractivity contribution < 1.29 is 9.13 Å². The predicted molar refractivity (Wildman–Crippen MR) is 72.6 cm³/mol. The highest BCUT2D eigenvalue weighted by Crippen LogP contribution is 2.28. The molecule has 1 aromatic carbocycles. The van der Waals surface area contributed by atoms with E-state index in [9.17, 15) is 4.39 Å². The minimum atomic E-state index is -0.555. The number of benzene rings is 1. The molecule has 19 heavy (non-hydrogen) atoms. The molecule has 0 bridgehead atoms. The van der Waals surface area contributed by atoms with Crippen LogP contribution in [0.5, 0.6) is 5.75 Å². The van der Waals surface area contributed by atoms with Crippen LogP contribution in [0.3, 0.4) is 0 Å². The number of nitrogens with two attached hydrogens (primary N) is 2. The molecular formula is C13H13ClFN3O. The van der Waals surface area contributed by atoms with Crippen LogP contribution in [0, 0.1) is 5.82 Å². The van der Waals surface area contributed by atoms with Crippen LogP contribution < -0.4 is 16.2 Å². The van der Waals surface area contributed by atoms with Gasteiger partial charge in [0.25, 0.3) is 0 Å². The molecule has 4 nitrogen and oxygen atoms in total. The van der Waals surface area contributed by atoms with Crippen LogP contribution >= 0.6 is 11.6 Å². The van der Waals surface area contributed by atoms with Gasteiger partial charge in [0.2, 0.25) is 0 Å². The van der Waals surface area contributed by atoms with Gasteiger partial charge in [-0.2, -0.15) is 0 Å². The normalized spacial score (nSPS) is 12.2. The van der Waals surface area contributed by atoms with Crippen LogP contribution in [0.2, 0.25) is 5.02 Å². The Hall–Kier alpha value is -1.85. The third-order valence-electron chi connectivity index (χ3n) is 2.79. The molecule has 1 atom stereocenters. The van der Waals surface area contributed by atoms with Crippen LogP contribution in [-0.4, -0.2) is 12.1 Å². The summed E-state index contributed by atoms with van der Waals surface area (Å²) in [6, 6.07) is 5.48. The van der Waals surface area contributed by atoms with Gasteiger partial charge in [0.1, 0.15) is 5.82 Å². The van der Waals surface area contributed by atoms with Gasteiger partial charge in [-0.15, -0.1) is 0 Å². The molecule has 2 rings (SSSR count). The smallest absolute Gasteiger partial charge is 0.165 e. The number of anilines is 1. The maximum Gasteiger partial charge on any atom is 0.165 e. The highest BCUT2D eigenvalue weighted by atomic mass is 35.5. The van der Waals surface area contributed by atoms with E-state index in [1.165, 1.54) is 25.4 Å². The molecule has 0 spiro atoms. The summed E-state index contributed by atoms with van der Waals surface area (Å²) in [4.78, 5) is 3.95. The molecular weight excluding hydrogens is 269 g/mol. The highest BCUT2D eigenvalue weighted by molar-refractivity contribution is 6.30. The summed E-state index contributed by atoms with van der Waals surface area (Å²) in [7, 11) is 1.39. The summed E-state index contributed by atoms with van der Waals surface area (Å²) < 4.78 is 18.3. The number of pyridine rings is 1. The van der Waals surface area contributed by atoms with Crippen LogP contribution in [0.4, 0.5) is 10.2 Å². The summed E-state index contributed by atoms with van der Waals surface area (Å²) in [5.74, 6) is -0.0302. The second-order valence-electron chi connectivity index (χ2n) is 4.00. The fourth-order valence-corrected chi connectivity index (χ4v) is 1.93. The quantitative estimate of drug-likeness (QED) is 0.906. The van der Waals surface area contributed by atoms with Crippen molar-refractivity contribution in [2.24, 2.45) is 5.73 Å². The van der Waals surface area contributed by atoms with E-state index < -0.39 is 11.9 Å². The standard InChI is InChI=1S/C13H13ClFN3O/c1-19-11-4-7(2-3-10(11)15)12(16)9-5-8(14)6-18-13(9)17/h2-6,12H,16H2,1H3,(H2,17,18). The SMILES string of the molecule is COc1cc(C(N)c2cc(Cl)cnc2N)ccc1F. The number of ether oxygens (including phenoxy) is 1. The first-order chi connectivity index (χ1) is 9.02. The average Bonchev–Trinajstić information content (AvgIpc) is 2.41. The van der Waals surface area contributed by atoms with Gasteiger partial charge in [-0.05, 0) is 23.8 Å². The Morgan fingerprint density at radius 3 is 2.79 bits per heavy atom. The van der Waals surface area contributed by atoms with Gasteiger partial charge in [0.15, 0.2) is 11.6 Å². The van der Waals surface area contributed by atoms with Gasteiger partial charge >= 0.3 is 0 Å². The summed E-state index contributed by atoms with van der Waals surface area (Å²) in [5.41, 5.74) is 13.1. The Kier molecular flexibility index (Phi) is 3.87. The summed E-state index contributed by atoms with van der Waals surface area (Å²) in [6.07, 6.45) is 1.44. The largest absolute Gasteiger partial charge is 0.494 e. The van der Waals surface area contributed by atoms with Gasteiger partial charge in [-0.1, -0.05) is 17.7 Å². The molecule has 6 heteroatoms. The first-order valence-corrected chi connectivity index (χ1v) is 5.90. The van der Waals surface area contributed by atoms with Crippen molar-refractivity contribution in [1.82, 2.24) is 4.98 Å². The van der Waals surface area contributed by atoms with Crippen molar-refractivity contribution in [1.29, 1.82) is 0 Å². The summed E-state index contributed by atoms with van der Waals surface area (Å²) in [5, 5.41) is 0.439. The Bertz CT molecular complexity index is 606. The molecule has 0 aliphatic rings. The van der Waals surface area contributed by atoms with Gasteiger partial charge in [0.05, 0.1) is 18.2 Å². The van der Waals surface area contributed by atoms with E-state index in [1.807, 2.05) is 0 Å². The molecule has 1 unspecified atom stereocenters. The monoisotopic (exact) mass is 281 g/mol. The Morgan fingerprint density at radius 2 is 2.11 bits per heavy atom. The number of methoxy groups -OCH3 is 1. The molecule has 2 aromatic rings. The summed E-state index contributed by atoms with van der Waals surface area (Å²) in [6.45, 7) is 0. The van der Waals surface area contributed by atoms with Crippen molar-refractivity contribution in [3.8, 4) is 5.75 Å². The third kappa shape index (κ3) is 2.77.